The van der Waals surface area contributed by atoms with Crippen molar-refractivity contribution in [2.75, 3.05) is 13.2 Å². The van der Waals surface area contributed by atoms with Gasteiger partial charge in [-0.25, -0.2) is 0 Å². The van der Waals surface area contributed by atoms with E-state index < -0.39 is 0 Å². The first-order chi connectivity index (χ1) is 11.1. The Morgan fingerprint density at radius 3 is 2.65 bits per heavy atom. The highest BCUT2D eigenvalue weighted by Gasteiger charge is 2.25. The normalized spacial score (nSPS) is 22.0. The number of carbonyl (C=O) groups excluding carboxylic acids is 1. The summed E-state index contributed by atoms with van der Waals surface area (Å²) in [6.45, 7) is 6.99. The van der Waals surface area contributed by atoms with Crippen molar-refractivity contribution in [3.8, 4) is 0 Å². The molecule has 1 saturated heterocycles. The van der Waals surface area contributed by atoms with Crippen LogP contribution in [0.25, 0.3) is 0 Å². The van der Waals surface area contributed by atoms with Crippen molar-refractivity contribution in [1.82, 2.24) is 0 Å². The van der Waals surface area contributed by atoms with E-state index in [4.69, 9.17) is 9.84 Å². The molecule has 1 rings (SSSR count). The Hall–Kier alpha value is -1.19. The largest absolute Gasteiger partial charge is 0.392 e. The van der Waals surface area contributed by atoms with Gasteiger partial charge in [-0.1, -0.05) is 29.4 Å². The van der Waals surface area contributed by atoms with Crippen LogP contribution in [0.1, 0.15) is 59.3 Å². The van der Waals surface area contributed by atoms with Crippen LogP contribution in [0.5, 0.6) is 0 Å². The molecule has 3 heteroatoms. The molecule has 1 aliphatic rings. The topological polar surface area (TPSA) is 46.5 Å². The zero-order valence-electron chi connectivity index (χ0n) is 14.9. The molecule has 0 amide bonds. The Morgan fingerprint density at radius 1 is 1.30 bits per heavy atom. The molecule has 1 aliphatic heterocycles. The predicted molar refractivity (Wildman–Crippen MR) is 95.4 cm³/mol. The van der Waals surface area contributed by atoms with Gasteiger partial charge in [-0.2, -0.15) is 0 Å². The van der Waals surface area contributed by atoms with Gasteiger partial charge in [0, 0.05) is 5.92 Å². The predicted octanol–water partition coefficient (Wildman–Crippen LogP) is 4.37. The molecular formula is C20H32O3. The Morgan fingerprint density at radius 2 is 2.09 bits per heavy atom. The van der Waals surface area contributed by atoms with Crippen LogP contribution >= 0.6 is 0 Å². The van der Waals surface area contributed by atoms with Gasteiger partial charge in [-0.3, -0.25) is 0 Å². The van der Waals surface area contributed by atoms with Crippen LogP contribution in [0.4, 0.5) is 0 Å². The average Bonchev–Trinajstić information content (AvgIpc) is 2.52. The molecular weight excluding hydrogens is 288 g/mol. The van der Waals surface area contributed by atoms with Crippen molar-refractivity contribution < 1.29 is 14.6 Å². The van der Waals surface area contributed by atoms with Gasteiger partial charge in [0.1, 0.15) is 6.29 Å². The lowest BCUT2D eigenvalue weighted by molar-refractivity contribution is -0.117. The summed E-state index contributed by atoms with van der Waals surface area (Å²) in [5.74, 6) is 0.0156. The minimum atomic E-state index is 0.0156. The van der Waals surface area contributed by atoms with Crippen LogP contribution in [-0.2, 0) is 9.53 Å². The smallest absolute Gasteiger partial charge is 0.125 e. The van der Waals surface area contributed by atoms with Gasteiger partial charge < -0.3 is 14.6 Å². The van der Waals surface area contributed by atoms with Crippen LogP contribution < -0.4 is 0 Å². The molecule has 1 heterocycles. The lowest BCUT2D eigenvalue weighted by atomic mass is 9.91. The number of ether oxygens (including phenoxy) is 1. The van der Waals surface area contributed by atoms with Gasteiger partial charge >= 0.3 is 0 Å². The summed E-state index contributed by atoms with van der Waals surface area (Å²) in [7, 11) is 0. The second kappa shape index (κ2) is 11.4. The SMILES string of the molecule is CC(C)=CCC[C@@H](C=O)[C@H]1CC/C(=C/CC/C(C)=C/CO)CO1. The van der Waals surface area contributed by atoms with E-state index in [2.05, 4.69) is 26.0 Å². The number of hydrogen-bond donors (Lipinski definition) is 1. The molecule has 0 aromatic carbocycles. The van der Waals surface area contributed by atoms with Gasteiger partial charge in [0.25, 0.3) is 0 Å². The molecule has 0 saturated carbocycles. The molecule has 0 unspecified atom stereocenters. The third kappa shape index (κ3) is 8.29. The van der Waals surface area contributed by atoms with E-state index in [1.165, 1.54) is 16.7 Å². The molecule has 130 valence electrons. The molecule has 0 aliphatic carbocycles. The number of rotatable bonds is 9. The zero-order valence-corrected chi connectivity index (χ0v) is 14.9. The average molecular weight is 320 g/mol. The molecule has 1 N–H and O–H groups in total. The van der Waals surface area contributed by atoms with E-state index >= 15 is 0 Å². The highest BCUT2D eigenvalue weighted by Crippen LogP contribution is 2.26. The van der Waals surface area contributed by atoms with Crippen LogP contribution in [0, 0.1) is 5.92 Å². The molecule has 0 aromatic heterocycles. The molecule has 0 aromatic rings. The van der Waals surface area contributed by atoms with Crippen LogP contribution in [-0.4, -0.2) is 30.7 Å². The van der Waals surface area contributed by atoms with Crippen molar-refractivity contribution in [2.45, 2.75) is 65.4 Å². The van der Waals surface area contributed by atoms with E-state index in [0.717, 1.165) is 44.8 Å². The Balaban J connectivity index is 2.36. The standard InChI is InChI=1S/C20H32O3/c1-16(2)6-4-9-19(14-22)20-11-10-18(15-23-20)8-5-7-17(3)12-13-21/h6,8,12,14,19-21H,4-5,7,9-11,13,15H2,1-3H3/b17-12+,18-8-/t19-,20+/m0/s1. The molecule has 0 bridgehead atoms. The number of aldehydes is 1. The fourth-order valence-electron chi connectivity index (χ4n) is 2.86. The van der Waals surface area contributed by atoms with Gasteiger partial charge in [0.2, 0.25) is 0 Å². The van der Waals surface area contributed by atoms with Gasteiger partial charge in [-0.05, 0) is 64.9 Å². The van der Waals surface area contributed by atoms with Gasteiger partial charge in [-0.15, -0.1) is 0 Å². The molecule has 23 heavy (non-hydrogen) atoms. The molecule has 3 nitrogen and oxygen atoms in total. The monoisotopic (exact) mass is 320 g/mol. The van der Waals surface area contributed by atoms with Crippen molar-refractivity contribution in [1.29, 1.82) is 0 Å². The summed E-state index contributed by atoms with van der Waals surface area (Å²) < 4.78 is 5.93. The van der Waals surface area contributed by atoms with Crippen molar-refractivity contribution in [3.05, 3.63) is 34.9 Å². The minimum absolute atomic E-state index is 0.0156. The van der Waals surface area contributed by atoms with Crippen LogP contribution in [0.15, 0.2) is 34.9 Å². The Kier molecular flexibility index (Phi) is 9.81. The van der Waals surface area contributed by atoms with E-state index in [1.54, 1.807) is 0 Å². The first-order valence-electron chi connectivity index (χ1n) is 8.71. The summed E-state index contributed by atoms with van der Waals surface area (Å²) in [6, 6.07) is 0. The maximum Gasteiger partial charge on any atom is 0.125 e. The Labute approximate surface area is 141 Å². The second-order valence-electron chi connectivity index (χ2n) is 6.68. The number of carbonyl (C=O) groups is 1. The first-order valence-corrected chi connectivity index (χ1v) is 8.71. The van der Waals surface area contributed by atoms with Gasteiger partial charge in [0.05, 0.1) is 19.3 Å². The summed E-state index contributed by atoms with van der Waals surface area (Å²) in [4.78, 5) is 11.3. The quantitative estimate of drug-likeness (QED) is 0.507. The third-order valence-corrected chi connectivity index (χ3v) is 4.35. The third-order valence-electron chi connectivity index (χ3n) is 4.35. The first kappa shape index (κ1) is 19.9. The van der Waals surface area contributed by atoms with E-state index in [9.17, 15) is 4.79 Å². The van der Waals surface area contributed by atoms with Gasteiger partial charge in [0.15, 0.2) is 0 Å². The highest BCUT2D eigenvalue weighted by atomic mass is 16.5. The zero-order chi connectivity index (χ0) is 17.1. The maximum atomic E-state index is 11.3. The lowest BCUT2D eigenvalue weighted by Gasteiger charge is -2.28. The maximum absolute atomic E-state index is 11.3. The van der Waals surface area contributed by atoms with Crippen LogP contribution in [0.3, 0.4) is 0 Å². The van der Waals surface area contributed by atoms with Crippen molar-refractivity contribution >= 4 is 6.29 Å². The minimum Gasteiger partial charge on any atom is -0.392 e. The summed E-state index contributed by atoms with van der Waals surface area (Å²) >= 11 is 0. The second-order valence-corrected chi connectivity index (χ2v) is 6.68. The summed E-state index contributed by atoms with van der Waals surface area (Å²) in [6.07, 6.45) is 13.2. The number of allylic oxidation sites excluding steroid dienone is 4. The number of aliphatic hydroxyl groups excluding tert-OH is 1. The molecule has 0 spiro atoms. The molecule has 2 atom stereocenters. The van der Waals surface area contributed by atoms with Crippen LogP contribution in [0.2, 0.25) is 0 Å². The summed E-state index contributed by atoms with van der Waals surface area (Å²) in [5, 5.41) is 8.84. The molecule has 1 fully saturated rings. The Bertz CT molecular complexity index is 432. The molecule has 0 radical (unpaired) electrons. The number of aliphatic hydroxyl groups is 1. The fraction of sp³-hybridized carbons (Fsp3) is 0.650. The van der Waals surface area contributed by atoms with E-state index in [0.29, 0.717) is 6.61 Å². The van der Waals surface area contributed by atoms with E-state index in [1.807, 2.05) is 13.0 Å². The fourth-order valence-corrected chi connectivity index (χ4v) is 2.86. The van der Waals surface area contributed by atoms with Crippen molar-refractivity contribution in [3.63, 3.8) is 0 Å². The highest BCUT2D eigenvalue weighted by molar-refractivity contribution is 5.54. The number of hydrogen-bond acceptors (Lipinski definition) is 3. The summed E-state index contributed by atoms with van der Waals surface area (Å²) in [5.41, 5.74) is 3.86. The van der Waals surface area contributed by atoms with Crippen molar-refractivity contribution in [2.24, 2.45) is 5.92 Å². The lowest BCUT2D eigenvalue weighted by Crippen LogP contribution is -2.29. The van der Waals surface area contributed by atoms with E-state index in [-0.39, 0.29) is 18.6 Å².